The number of hydrogen-bond acceptors (Lipinski definition) is 3. The minimum absolute atomic E-state index is 0.334. The number of nitrogens with zero attached hydrogens (tertiary/aromatic N) is 1. The average Bonchev–Trinajstić information content (AvgIpc) is 2.34. The predicted octanol–water partition coefficient (Wildman–Crippen LogP) is 2.85. The van der Waals surface area contributed by atoms with Crippen molar-refractivity contribution in [1.29, 1.82) is 0 Å². The molecule has 0 spiro atoms. The minimum Gasteiger partial charge on any atom is -0.491 e. The summed E-state index contributed by atoms with van der Waals surface area (Å²) in [5.41, 5.74) is 1.10. The molecule has 0 aliphatic carbocycles. The van der Waals surface area contributed by atoms with Crippen molar-refractivity contribution >= 4 is 0 Å². The Morgan fingerprint density at radius 1 is 1.11 bits per heavy atom. The second kappa shape index (κ2) is 7.51. The maximum absolute atomic E-state index is 10.1. The second-order valence-corrected chi connectivity index (χ2v) is 5.61. The molecule has 0 saturated carbocycles. The molecule has 0 aromatic heterocycles. The Hall–Kier alpha value is -1.06. The first-order valence-corrected chi connectivity index (χ1v) is 7.04. The van der Waals surface area contributed by atoms with Gasteiger partial charge in [0.25, 0.3) is 0 Å². The molecule has 0 heterocycles. The van der Waals surface area contributed by atoms with Crippen molar-refractivity contribution in [1.82, 2.24) is 4.90 Å². The van der Waals surface area contributed by atoms with Crippen LogP contribution in [0.4, 0.5) is 0 Å². The Morgan fingerprint density at radius 3 is 2.21 bits per heavy atom. The fourth-order valence-electron chi connectivity index (χ4n) is 2.22. The van der Waals surface area contributed by atoms with Crippen molar-refractivity contribution in [2.75, 3.05) is 13.2 Å². The lowest BCUT2D eigenvalue weighted by molar-refractivity contribution is 0.0444. The topological polar surface area (TPSA) is 32.7 Å². The van der Waals surface area contributed by atoms with Crippen molar-refractivity contribution < 1.29 is 9.84 Å². The normalized spacial score (nSPS) is 13.3. The van der Waals surface area contributed by atoms with E-state index >= 15 is 0 Å². The highest BCUT2D eigenvalue weighted by molar-refractivity contribution is 5.31. The number of ether oxygens (including phenoxy) is 1. The molecule has 3 heteroatoms. The summed E-state index contributed by atoms with van der Waals surface area (Å²) < 4.78 is 5.68. The lowest BCUT2D eigenvalue weighted by Gasteiger charge is -2.32. The monoisotopic (exact) mass is 265 g/mol. The summed E-state index contributed by atoms with van der Waals surface area (Å²) in [5, 5.41) is 10.1. The standard InChI is InChI=1S/C16H27NO2/c1-12(2)17(13(3)4)10-15(18)11-19-16-9-7-6-8-14(16)5/h6-9,12-13,15,18H,10-11H2,1-5H3. The van der Waals surface area contributed by atoms with Gasteiger partial charge in [-0.2, -0.15) is 0 Å². The van der Waals surface area contributed by atoms with E-state index in [0.29, 0.717) is 25.2 Å². The van der Waals surface area contributed by atoms with Crippen LogP contribution in [0.5, 0.6) is 5.75 Å². The Morgan fingerprint density at radius 2 is 1.68 bits per heavy atom. The number of para-hydroxylation sites is 1. The zero-order valence-corrected chi connectivity index (χ0v) is 12.8. The Bertz CT molecular complexity index is 369. The van der Waals surface area contributed by atoms with Crippen LogP contribution in [-0.4, -0.2) is 41.3 Å². The third-order valence-corrected chi connectivity index (χ3v) is 3.27. The van der Waals surface area contributed by atoms with Crippen molar-refractivity contribution in [2.45, 2.75) is 52.8 Å². The molecule has 0 aliphatic rings. The molecule has 1 unspecified atom stereocenters. The molecule has 3 nitrogen and oxygen atoms in total. The fraction of sp³-hybridized carbons (Fsp3) is 0.625. The van der Waals surface area contributed by atoms with E-state index in [4.69, 9.17) is 4.74 Å². The molecule has 1 aromatic carbocycles. The Balaban J connectivity index is 2.47. The maximum Gasteiger partial charge on any atom is 0.122 e. The number of aliphatic hydroxyl groups is 1. The van der Waals surface area contributed by atoms with Crippen LogP contribution in [0.3, 0.4) is 0 Å². The first-order chi connectivity index (χ1) is 8.91. The van der Waals surface area contributed by atoms with Gasteiger partial charge in [-0.05, 0) is 46.2 Å². The van der Waals surface area contributed by atoms with E-state index in [0.717, 1.165) is 11.3 Å². The van der Waals surface area contributed by atoms with Crippen molar-refractivity contribution in [2.24, 2.45) is 0 Å². The maximum atomic E-state index is 10.1. The van der Waals surface area contributed by atoms with Gasteiger partial charge in [0, 0.05) is 18.6 Å². The minimum atomic E-state index is -0.468. The van der Waals surface area contributed by atoms with Gasteiger partial charge in [-0.1, -0.05) is 18.2 Å². The number of benzene rings is 1. The number of rotatable bonds is 7. The van der Waals surface area contributed by atoms with E-state index < -0.39 is 6.10 Å². The smallest absolute Gasteiger partial charge is 0.122 e. The van der Waals surface area contributed by atoms with Crippen molar-refractivity contribution in [3.05, 3.63) is 29.8 Å². The molecule has 0 saturated heterocycles. The summed E-state index contributed by atoms with van der Waals surface area (Å²) in [6.45, 7) is 11.6. The quantitative estimate of drug-likeness (QED) is 0.823. The van der Waals surface area contributed by atoms with Crippen LogP contribution in [-0.2, 0) is 0 Å². The second-order valence-electron chi connectivity index (χ2n) is 5.61. The molecule has 1 atom stereocenters. The SMILES string of the molecule is Cc1ccccc1OCC(O)CN(C(C)C)C(C)C. The molecule has 1 N–H and O–H groups in total. The third-order valence-electron chi connectivity index (χ3n) is 3.27. The van der Waals surface area contributed by atoms with E-state index in [2.05, 4.69) is 32.6 Å². The molecule has 108 valence electrons. The summed E-state index contributed by atoms with van der Waals surface area (Å²) >= 11 is 0. The Labute approximate surface area is 117 Å². The fourth-order valence-corrected chi connectivity index (χ4v) is 2.22. The largest absolute Gasteiger partial charge is 0.491 e. The van der Waals surface area contributed by atoms with Gasteiger partial charge in [0.05, 0.1) is 0 Å². The van der Waals surface area contributed by atoms with Crippen molar-refractivity contribution in [3.63, 3.8) is 0 Å². The molecule has 0 bridgehead atoms. The Kier molecular flexibility index (Phi) is 6.32. The van der Waals surface area contributed by atoms with Gasteiger partial charge in [0.1, 0.15) is 18.5 Å². The molecule has 0 aliphatic heterocycles. The molecular weight excluding hydrogens is 238 g/mol. The van der Waals surface area contributed by atoms with Crippen LogP contribution >= 0.6 is 0 Å². The molecule has 1 rings (SSSR count). The summed E-state index contributed by atoms with van der Waals surface area (Å²) in [4.78, 5) is 2.27. The van der Waals surface area contributed by atoms with Crippen LogP contribution in [0.2, 0.25) is 0 Å². The highest BCUT2D eigenvalue weighted by Crippen LogP contribution is 2.16. The van der Waals surface area contributed by atoms with Crippen LogP contribution in [0.25, 0.3) is 0 Å². The number of hydrogen-bond donors (Lipinski definition) is 1. The van der Waals surface area contributed by atoms with Crippen LogP contribution in [0.15, 0.2) is 24.3 Å². The van der Waals surface area contributed by atoms with E-state index in [1.807, 2.05) is 31.2 Å². The lowest BCUT2D eigenvalue weighted by Crippen LogP contribution is -2.43. The van der Waals surface area contributed by atoms with Gasteiger partial charge in [0.15, 0.2) is 0 Å². The molecular formula is C16H27NO2. The molecule has 0 radical (unpaired) electrons. The highest BCUT2D eigenvalue weighted by atomic mass is 16.5. The summed E-state index contributed by atoms with van der Waals surface area (Å²) in [6.07, 6.45) is -0.468. The first-order valence-electron chi connectivity index (χ1n) is 7.04. The van der Waals surface area contributed by atoms with Crippen LogP contribution < -0.4 is 4.74 Å². The zero-order valence-electron chi connectivity index (χ0n) is 12.8. The van der Waals surface area contributed by atoms with E-state index in [1.165, 1.54) is 0 Å². The summed E-state index contributed by atoms with van der Waals surface area (Å²) in [5.74, 6) is 0.849. The first kappa shape index (κ1) is 16.0. The predicted molar refractivity (Wildman–Crippen MR) is 79.7 cm³/mol. The van der Waals surface area contributed by atoms with Crippen LogP contribution in [0.1, 0.15) is 33.3 Å². The van der Waals surface area contributed by atoms with Gasteiger partial charge < -0.3 is 9.84 Å². The van der Waals surface area contributed by atoms with E-state index in [-0.39, 0.29) is 0 Å². The lowest BCUT2D eigenvalue weighted by atomic mass is 10.2. The molecule has 19 heavy (non-hydrogen) atoms. The van der Waals surface area contributed by atoms with Gasteiger partial charge in [0.2, 0.25) is 0 Å². The molecule has 0 fully saturated rings. The van der Waals surface area contributed by atoms with Crippen molar-refractivity contribution in [3.8, 4) is 5.75 Å². The van der Waals surface area contributed by atoms with Gasteiger partial charge in [-0.3, -0.25) is 4.90 Å². The summed E-state index contributed by atoms with van der Waals surface area (Å²) in [7, 11) is 0. The van der Waals surface area contributed by atoms with E-state index in [1.54, 1.807) is 0 Å². The third kappa shape index (κ3) is 5.21. The molecule has 0 amide bonds. The van der Waals surface area contributed by atoms with Gasteiger partial charge >= 0.3 is 0 Å². The number of aliphatic hydroxyl groups excluding tert-OH is 1. The van der Waals surface area contributed by atoms with Gasteiger partial charge in [-0.25, -0.2) is 0 Å². The highest BCUT2D eigenvalue weighted by Gasteiger charge is 2.18. The molecule has 1 aromatic rings. The van der Waals surface area contributed by atoms with Crippen LogP contribution in [0, 0.1) is 6.92 Å². The average molecular weight is 265 g/mol. The number of aryl methyl sites for hydroxylation is 1. The van der Waals surface area contributed by atoms with E-state index in [9.17, 15) is 5.11 Å². The van der Waals surface area contributed by atoms with Gasteiger partial charge in [-0.15, -0.1) is 0 Å². The summed E-state index contributed by atoms with van der Waals surface area (Å²) in [6, 6.07) is 8.73. The zero-order chi connectivity index (χ0) is 14.4.